The van der Waals surface area contributed by atoms with E-state index in [1.807, 2.05) is 6.07 Å². The van der Waals surface area contributed by atoms with Crippen molar-refractivity contribution in [3.8, 4) is 6.07 Å². The van der Waals surface area contributed by atoms with Crippen LogP contribution in [0.25, 0.3) is 10.2 Å². The number of carboxylic acid groups (broad SMARTS) is 1. The number of carbonyl (C=O) groups excluding carboxylic acids is 1. The molecule has 112 valence electrons. The first-order valence-corrected chi connectivity index (χ1v) is 7.34. The number of fused-ring (bicyclic) bond motifs is 1. The summed E-state index contributed by atoms with van der Waals surface area (Å²) in [7, 11) is 0. The minimum absolute atomic E-state index is 0.172. The van der Waals surface area contributed by atoms with Gasteiger partial charge < -0.3 is 5.11 Å². The Morgan fingerprint density at radius 1 is 1.13 bits per heavy atom. The van der Waals surface area contributed by atoms with Crippen molar-refractivity contribution >= 4 is 38.6 Å². The third-order valence-electron chi connectivity index (χ3n) is 3.13. The van der Waals surface area contributed by atoms with Gasteiger partial charge in [0.15, 0.2) is 5.13 Å². The number of thiazole rings is 1. The Kier molecular flexibility index (Phi) is 3.75. The molecule has 0 atom stereocenters. The lowest BCUT2D eigenvalue weighted by molar-refractivity contribution is 0.0697. The predicted molar refractivity (Wildman–Crippen MR) is 85.7 cm³/mol. The second-order valence-corrected chi connectivity index (χ2v) is 5.68. The number of hydrogen-bond donors (Lipinski definition) is 2. The highest BCUT2D eigenvalue weighted by Crippen LogP contribution is 2.27. The van der Waals surface area contributed by atoms with E-state index >= 15 is 0 Å². The first kappa shape index (κ1) is 14.7. The zero-order valence-corrected chi connectivity index (χ0v) is 12.4. The number of aromatic carboxylic acids is 1. The minimum atomic E-state index is -1.01. The first-order valence-electron chi connectivity index (χ1n) is 6.52. The minimum Gasteiger partial charge on any atom is -0.478 e. The molecule has 1 aromatic heterocycles. The predicted octanol–water partition coefficient (Wildman–Crippen LogP) is 3.12. The summed E-state index contributed by atoms with van der Waals surface area (Å²) in [6.07, 6.45) is 0. The van der Waals surface area contributed by atoms with Gasteiger partial charge in [-0.05, 0) is 42.5 Å². The molecule has 3 rings (SSSR count). The lowest BCUT2D eigenvalue weighted by atomic mass is 10.1. The lowest BCUT2D eigenvalue weighted by Crippen LogP contribution is -2.11. The largest absolute Gasteiger partial charge is 0.478 e. The van der Waals surface area contributed by atoms with Crippen molar-refractivity contribution < 1.29 is 14.7 Å². The fourth-order valence-corrected chi connectivity index (χ4v) is 2.88. The molecule has 2 N–H and O–H groups in total. The smallest absolute Gasteiger partial charge is 0.335 e. The quantitative estimate of drug-likeness (QED) is 0.771. The van der Waals surface area contributed by atoms with E-state index in [-0.39, 0.29) is 11.5 Å². The third kappa shape index (κ3) is 3.02. The van der Waals surface area contributed by atoms with E-state index in [1.165, 1.54) is 23.5 Å². The van der Waals surface area contributed by atoms with Crippen molar-refractivity contribution in [3.63, 3.8) is 0 Å². The Hall–Kier alpha value is -3.24. The normalized spacial score (nSPS) is 10.2. The topological polar surface area (TPSA) is 103 Å². The molecule has 2 aromatic carbocycles. The van der Waals surface area contributed by atoms with Crippen molar-refractivity contribution in [2.24, 2.45) is 0 Å². The summed E-state index contributed by atoms with van der Waals surface area (Å²) in [5.41, 5.74) is 1.68. The molecule has 1 heterocycles. The molecule has 0 aliphatic heterocycles. The number of nitriles is 1. The van der Waals surface area contributed by atoms with Crippen molar-refractivity contribution in [1.29, 1.82) is 5.26 Å². The number of anilines is 1. The molecule has 0 fully saturated rings. The van der Waals surface area contributed by atoms with Gasteiger partial charge in [-0.3, -0.25) is 10.1 Å². The van der Waals surface area contributed by atoms with Gasteiger partial charge in [0.25, 0.3) is 5.91 Å². The Morgan fingerprint density at radius 3 is 2.48 bits per heavy atom. The molecule has 0 bridgehead atoms. The van der Waals surface area contributed by atoms with Gasteiger partial charge in [-0.2, -0.15) is 5.26 Å². The molecule has 0 unspecified atom stereocenters. The molecule has 23 heavy (non-hydrogen) atoms. The van der Waals surface area contributed by atoms with Crippen LogP contribution in [0.1, 0.15) is 26.3 Å². The Bertz CT molecular complexity index is 955. The summed E-state index contributed by atoms with van der Waals surface area (Å²) >= 11 is 1.20. The SMILES string of the molecule is N#Cc1ccc(C(=O)Nc2nc3ccc(C(=O)O)cc3s2)cc1. The van der Waals surface area contributed by atoms with E-state index in [0.717, 1.165) is 0 Å². The molecule has 6 nitrogen and oxygen atoms in total. The van der Waals surface area contributed by atoms with Crippen molar-refractivity contribution in [1.82, 2.24) is 4.98 Å². The van der Waals surface area contributed by atoms with Gasteiger partial charge in [0.2, 0.25) is 0 Å². The van der Waals surface area contributed by atoms with Crippen LogP contribution in [0.2, 0.25) is 0 Å². The summed E-state index contributed by atoms with van der Waals surface area (Å²) < 4.78 is 0.681. The van der Waals surface area contributed by atoms with Gasteiger partial charge in [-0.25, -0.2) is 9.78 Å². The number of carboxylic acids is 1. The molecule has 0 radical (unpaired) electrons. The molecule has 0 spiro atoms. The van der Waals surface area contributed by atoms with Gasteiger partial charge in [-0.15, -0.1) is 0 Å². The van der Waals surface area contributed by atoms with E-state index in [9.17, 15) is 9.59 Å². The third-order valence-corrected chi connectivity index (χ3v) is 4.07. The molecule has 0 saturated carbocycles. The van der Waals surface area contributed by atoms with Gasteiger partial charge in [0, 0.05) is 5.56 Å². The number of nitrogens with zero attached hydrogens (tertiary/aromatic N) is 2. The molecule has 3 aromatic rings. The van der Waals surface area contributed by atoms with Crippen LogP contribution < -0.4 is 5.32 Å². The van der Waals surface area contributed by atoms with Crippen LogP contribution in [0.5, 0.6) is 0 Å². The van der Waals surface area contributed by atoms with Gasteiger partial charge in [0.05, 0.1) is 27.4 Å². The van der Waals surface area contributed by atoms with Crippen LogP contribution in [0.3, 0.4) is 0 Å². The number of aromatic nitrogens is 1. The zero-order valence-electron chi connectivity index (χ0n) is 11.6. The summed E-state index contributed by atoms with van der Waals surface area (Å²) in [5.74, 6) is -1.35. The highest BCUT2D eigenvalue weighted by atomic mass is 32.1. The summed E-state index contributed by atoms with van der Waals surface area (Å²) in [4.78, 5) is 27.4. The number of nitrogens with one attached hydrogen (secondary N) is 1. The van der Waals surface area contributed by atoms with Crippen molar-refractivity contribution in [3.05, 3.63) is 59.2 Å². The average Bonchev–Trinajstić information content (AvgIpc) is 2.96. The Balaban J connectivity index is 1.84. The summed E-state index contributed by atoms with van der Waals surface area (Å²) in [5, 5.41) is 20.8. The maximum absolute atomic E-state index is 12.1. The maximum Gasteiger partial charge on any atom is 0.335 e. The molecule has 0 saturated heterocycles. The van der Waals surface area contributed by atoms with Crippen LogP contribution in [0.15, 0.2) is 42.5 Å². The highest BCUT2D eigenvalue weighted by molar-refractivity contribution is 7.22. The average molecular weight is 323 g/mol. The molecule has 7 heteroatoms. The van der Waals surface area contributed by atoms with Crippen LogP contribution in [0, 0.1) is 11.3 Å². The summed E-state index contributed by atoms with van der Waals surface area (Å²) in [6.45, 7) is 0. The highest BCUT2D eigenvalue weighted by Gasteiger charge is 2.11. The van der Waals surface area contributed by atoms with E-state index in [1.54, 1.807) is 30.3 Å². The van der Waals surface area contributed by atoms with Crippen LogP contribution >= 0.6 is 11.3 Å². The number of hydrogen-bond acceptors (Lipinski definition) is 5. The zero-order chi connectivity index (χ0) is 16.4. The van der Waals surface area contributed by atoms with Gasteiger partial charge in [-0.1, -0.05) is 11.3 Å². The van der Waals surface area contributed by atoms with Crippen molar-refractivity contribution in [2.45, 2.75) is 0 Å². The fourth-order valence-electron chi connectivity index (χ4n) is 1.98. The maximum atomic E-state index is 12.1. The van der Waals surface area contributed by atoms with Gasteiger partial charge >= 0.3 is 5.97 Å². The van der Waals surface area contributed by atoms with Crippen LogP contribution in [-0.4, -0.2) is 22.0 Å². The van der Waals surface area contributed by atoms with E-state index in [2.05, 4.69) is 10.3 Å². The van der Waals surface area contributed by atoms with Crippen LogP contribution in [0.4, 0.5) is 5.13 Å². The Labute approximate surface area is 134 Å². The van der Waals surface area contributed by atoms with Gasteiger partial charge in [0.1, 0.15) is 0 Å². The van der Waals surface area contributed by atoms with Crippen LogP contribution in [-0.2, 0) is 0 Å². The second-order valence-electron chi connectivity index (χ2n) is 4.65. The molecule has 0 aliphatic rings. The lowest BCUT2D eigenvalue weighted by Gasteiger charge is -2.01. The van der Waals surface area contributed by atoms with E-state index < -0.39 is 5.97 Å². The summed E-state index contributed by atoms with van der Waals surface area (Å²) in [6, 6.07) is 12.8. The molecule has 1 amide bonds. The molecular formula is C16H9N3O3S. The molecule has 0 aliphatic carbocycles. The number of amides is 1. The first-order chi connectivity index (χ1) is 11.1. The number of carbonyl (C=O) groups is 2. The molecular weight excluding hydrogens is 314 g/mol. The van der Waals surface area contributed by atoms with E-state index in [4.69, 9.17) is 10.4 Å². The monoisotopic (exact) mass is 323 g/mol. The van der Waals surface area contributed by atoms with E-state index in [0.29, 0.717) is 26.5 Å². The standard InChI is InChI=1S/C16H9N3O3S/c17-8-9-1-3-10(4-2-9)14(20)19-16-18-12-6-5-11(15(21)22)7-13(12)23-16/h1-7H,(H,21,22)(H,18,19,20). The second kappa shape index (κ2) is 5.87. The van der Waals surface area contributed by atoms with Crippen molar-refractivity contribution in [2.75, 3.05) is 5.32 Å². The fraction of sp³-hybridized carbons (Fsp3) is 0. The Morgan fingerprint density at radius 2 is 1.83 bits per heavy atom. The number of benzene rings is 2. The number of rotatable bonds is 3.